The van der Waals surface area contributed by atoms with Crippen molar-refractivity contribution in [2.75, 3.05) is 0 Å². The minimum Gasteiger partial charge on any atom is -0.295 e. The highest BCUT2D eigenvalue weighted by molar-refractivity contribution is 5.94. The number of nitrogens with zero attached hydrogens (tertiary/aromatic N) is 4. The number of benzene rings is 1. The van der Waals surface area contributed by atoms with Gasteiger partial charge in [0.15, 0.2) is 11.6 Å². The molecule has 0 aliphatic carbocycles. The number of hydrogen-bond donors (Lipinski definition) is 1. The molecule has 2 aromatic heterocycles. The molecule has 0 spiro atoms. The Hall–Kier alpha value is -2.76. The molecule has 1 aromatic carbocycles. The van der Waals surface area contributed by atoms with Gasteiger partial charge in [-0.1, -0.05) is 12.1 Å². The van der Waals surface area contributed by atoms with E-state index in [4.69, 9.17) is 0 Å². The predicted molar refractivity (Wildman–Crippen MR) is 68.9 cm³/mol. The van der Waals surface area contributed by atoms with Crippen molar-refractivity contribution in [2.45, 2.75) is 6.92 Å². The van der Waals surface area contributed by atoms with Crippen LogP contribution >= 0.6 is 0 Å². The molecule has 0 saturated heterocycles. The van der Waals surface area contributed by atoms with E-state index < -0.39 is 0 Å². The van der Waals surface area contributed by atoms with Crippen molar-refractivity contribution < 1.29 is 4.79 Å². The van der Waals surface area contributed by atoms with Gasteiger partial charge in [0.05, 0.1) is 11.8 Å². The quantitative estimate of drug-likeness (QED) is 0.723. The third-order valence-electron chi connectivity index (χ3n) is 2.84. The van der Waals surface area contributed by atoms with Gasteiger partial charge in [-0.3, -0.25) is 14.5 Å². The van der Waals surface area contributed by atoms with Crippen molar-refractivity contribution in [3.8, 4) is 17.1 Å². The minimum atomic E-state index is 0.0276. The predicted octanol–water partition coefficient (Wildman–Crippen LogP) is 1.86. The highest BCUT2D eigenvalue weighted by atomic mass is 16.1. The number of H-pyrrole nitrogens is 1. The lowest BCUT2D eigenvalue weighted by atomic mass is 10.1. The first kappa shape index (κ1) is 11.3. The van der Waals surface area contributed by atoms with Crippen molar-refractivity contribution in [3.63, 3.8) is 0 Å². The number of aromatic amines is 1. The van der Waals surface area contributed by atoms with Crippen LogP contribution in [0.15, 0.2) is 43.0 Å². The molecule has 3 rings (SSSR count). The van der Waals surface area contributed by atoms with Gasteiger partial charge in [-0.05, 0) is 19.1 Å². The normalized spacial score (nSPS) is 10.6. The smallest absolute Gasteiger partial charge is 0.171 e. The SMILES string of the molecule is CC(=O)c1cccc(-n2cnnc2-c2cn[nH]c2)c1. The van der Waals surface area contributed by atoms with E-state index in [0.717, 1.165) is 11.3 Å². The molecule has 0 bridgehead atoms. The van der Waals surface area contributed by atoms with Gasteiger partial charge in [0.1, 0.15) is 6.33 Å². The Kier molecular flexibility index (Phi) is 2.68. The van der Waals surface area contributed by atoms with Crippen LogP contribution in [0.5, 0.6) is 0 Å². The van der Waals surface area contributed by atoms with E-state index in [2.05, 4.69) is 20.4 Å². The van der Waals surface area contributed by atoms with Crippen LogP contribution in [0.2, 0.25) is 0 Å². The second-order valence-corrected chi connectivity index (χ2v) is 4.12. The Morgan fingerprint density at radius 2 is 2.26 bits per heavy atom. The number of nitrogens with one attached hydrogen (secondary N) is 1. The Morgan fingerprint density at radius 3 is 3.00 bits per heavy atom. The summed E-state index contributed by atoms with van der Waals surface area (Å²) in [6, 6.07) is 7.34. The van der Waals surface area contributed by atoms with Crippen LogP contribution in [-0.4, -0.2) is 30.7 Å². The zero-order valence-corrected chi connectivity index (χ0v) is 10.2. The fourth-order valence-corrected chi connectivity index (χ4v) is 1.87. The highest BCUT2D eigenvalue weighted by Gasteiger charge is 2.10. The van der Waals surface area contributed by atoms with Crippen LogP contribution in [0.4, 0.5) is 0 Å². The molecule has 0 unspecified atom stereocenters. The first-order chi connectivity index (χ1) is 9.25. The van der Waals surface area contributed by atoms with Gasteiger partial charge in [-0.15, -0.1) is 10.2 Å². The van der Waals surface area contributed by atoms with Crippen molar-refractivity contribution >= 4 is 5.78 Å². The van der Waals surface area contributed by atoms with Crippen LogP contribution in [0, 0.1) is 0 Å². The maximum Gasteiger partial charge on any atom is 0.171 e. The molecule has 94 valence electrons. The van der Waals surface area contributed by atoms with E-state index in [0.29, 0.717) is 11.4 Å². The zero-order chi connectivity index (χ0) is 13.2. The van der Waals surface area contributed by atoms with E-state index in [-0.39, 0.29) is 5.78 Å². The molecule has 3 aromatic rings. The van der Waals surface area contributed by atoms with Gasteiger partial charge in [-0.25, -0.2) is 0 Å². The number of hydrogen-bond acceptors (Lipinski definition) is 4. The summed E-state index contributed by atoms with van der Waals surface area (Å²) < 4.78 is 1.82. The number of carbonyl (C=O) groups excluding carboxylic acids is 1. The molecule has 0 fully saturated rings. The third-order valence-corrected chi connectivity index (χ3v) is 2.84. The maximum absolute atomic E-state index is 11.4. The summed E-state index contributed by atoms with van der Waals surface area (Å²) in [6.07, 6.45) is 5.03. The Morgan fingerprint density at radius 1 is 1.37 bits per heavy atom. The highest BCUT2D eigenvalue weighted by Crippen LogP contribution is 2.20. The third kappa shape index (κ3) is 2.03. The van der Waals surface area contributed by atoms with E-state index in [1.54, 1.807) is 31.7 Å². The summed E-state index contributed by atoms with van der Waals surface area (Å²) in [5.74, 6) is 0.703. The van der Waals surface area contributed by atoms with Crippen molar-refractivity contribution in [1.82, 2.24) is 25.0 Å². The molecule has 0 atom stereocenters. The molecule has 0 amide bonds. The summed E-state index contributed by atoms with van der Waals surface area (Å²) in [7, 11) is 0. The van der Waals surface area contributed by atoms with E-state index in [1.807, 2.05) is 22.8 Å². The standard InChI is InChI=1S/C13H11N5O/c1-9(19)10-3-2-4-12(5-10)18-8-16-17-13(18)11-6-14-15-7-11/h2-8H,1H3,(H,14,15). The summed E-state index contributed by atoms with van der Waals surface area (Å²) in [5, 5.41) is 14.6. The zero-order valence-electron chi connectivity index (χ0n) is 10.2. The number of ketones is 1. The van der Waals surface area contributed by atoms with Crippen molar-refractivity contribution in [2.24, 2.45) is 0 Å². The molecule has 0 saturated carbocycles. The van der Waals surface area contributed by atoms with Gasteiger partial charge in [-0.2, -0.15) is 5.10 Å². The fourth-order valence-electron chi connectivity index (χ4n) is 1.87. The fraction of sp³-hybridized carbons (Fsp3) is 0.0769. The van der Waals surface area contributed by atoms with E-state index in [9.17, 15) is 4.79 Å². The van der Waals surface area contributed by atoms with Crippen molar-refractivity contribution in [3.05, 3.63) is 48.5 Å². The van der Waals surface area contributed by atoms with Gasteiger partial charge in [0, 0.05) is 17.4 Å². The number of carbonyl (C=O) groups is 1. The summed E-state index contributed by atoms with van der Waals surface area (Å²) in [4.78, 5) is 11.4. The van der Waals surface area contributed by atoms with Crippen LogP contribution in [0.25, 0.3) is 17.1 Å². The topological polar surface area (TPSA) is 76.5 Å². The molecule has 2 heterocycles. The second-order valence-electron chi connectivity index (χ2n) is 4.12. The Bertz CT molecular complexity index is 714. The molecule has 19 heavy (non-hydrogen) atoms. The van der Waals surface area contributed by atoms with E-state index >= 15 is 0 Å². The molecule has 0 aliphatic heterocycles. The summed E-state index contributed by atoms with van der Waals surface area (Å²) in [5.41, 5.74) is 2.34. The summed E-state index contributed by atoms with van der Waals surface area (Å²) >= 11 is 0. The lowest BCUT2D eigenvalue weighted by Gasteiger charge is -2.06. The molecule has 0 radical (unpaired) electrons. The lowest BCUT2D eigenvalue weighted by molar-refractivity contribution is 0.101. The largest absolute Gasteiger partial charge is 0.295 e. The Balaban J connectivity index is 2.11. The monoisotopic (exact) mass is 253 g/mol. The molecule has 6 nitrogen and oxygen atoms in total. The van der Waals surface area contributed by atoms with Crippen molar-refractivity contribution in [1.29, 1.82) is 0 Å². The van der Waals surface area contributed by atoms with Gasteiger partial charge in [0.25, 0.3) is 0 Å². The van der Waals surface area contributed by atoms with Gasteiger partial charge in [0.2, 0.25) is 0 Å². The lowest BCUT2D eigenvalue weighted by Crippen LogP contribution is -1.99. The maximum atomic E-state index is 11.4. The number of aromatic nitrogens is 5. The molecule has 0 aliphatic rings. The molecular weight excluding hydrogens is 242 g/mol. The van der Waals surface area contributed by atoms with Crippen LogP contribution in [-0.2, 0) is 0 Å². The first-order valence-corrected chi connectivity index (χ1v) is 5.76. The average Bonchev–Trinajstić information content (AvgIpc) is 3.09. The molecular formula is C13H11N5O. The van der Waals surface area contributed by atoms with Crippen LogP contribution in [0.1, 0.15) is 17.3 Å². The molecule has 1 N–H and O–H groups in total. The first-order valence-electron chi connectivity index (χ1n) is 5.76. The van der Waals surface area contributed by atoms with Gasteiger partial charge < -0.3 is 0 Å². The minimum absolute atomic E-state index is 0.0276. The summed E-state index contributed by atoms with van der Waals surface area (Å²) in [6.45, 7) is 1.54. The average molecular weight is 253 g/mol. The van der Waals surface area contributed by atoms with E-state index in [1.165, 1.54) is 0 Å². The van der Waals surface area contributed by atoms with Gasteiger partial charge >= 0.3 is 0 Å². The number of rotatable bonds is 3. The van der Waals surface area contributed by atoms with Crippen LogP contribution in [0.3, 0.4) is 0 Å². The second kappa shape index (κ2) is 4.49. The molecule has 6 heteroatoms. The van der Waals surface area contributed by atoms with Crippen LogP contribution < -0.4 is 0 Å². The number of Topliss-reactive ketones (excluding diaryl/α,β-unsaturated/α-hetero) is 1. The Labute approximate surface area is 109 Å².